The molecule has 0 saturated heterocycles. The molecule has 0 radical (unpaired) electrons. The summed E-state index contributed by atoms with van der Waals surface area (Å²) < 4.78 is 15.7. The maximum atomic E-state index is 13.8. The van der Waals surface area contributed by atoms with E-state index in [1.54, 1.807) is 17.7 Å². The van der Waals surface area contributed by atoms with Gasteiger partial charge in [0.1, 0.15) is 5.82 Å². The average molecular weight is 279 g/mol. The van der Waals surface area contributed by atoms with Crippen LogP contribution in [0.4, 0.5) is 4.39 Å². The van der Waals surface area contributed by atoms with Crippen LogP contribution in [0.5, 0.6) is 0 Å². The molecule has 0 amide bonds. The number of hydrogen-bond donors (Lipinski definition) is 1. The SMILES string of the molecule is CC(N)c1c(F)cccc1Sc1nnnn1C1CC1. The summed E-state index contributed by atoms with van der Waals surface area (Å²) >= 11 is 1.37. The van der Waals surface area contributed by atoms with Crippen molar-refractivity contribution in [3.63, 3.8) is 0 Å². The van der Waals surface area contributed by atoms with Crippen molar-refractivity contribution in [1.82, 2.24) is 20.2 Å². The van der Waals surface area contributed by atoms with Crippen molar-refractivity contribution in [3.05, 3.63) is 29.6 Å². The first-order chi connectivity index (χ1) is 9.16. The van der Waals surface area contributed by atoms with Crippen molar-refractivity contribution in [2.24, 2.45) is 5.73 Å². The van der Waals surface area contributed by atoms with Crippen molar-refractivity contribution in [2.75, 3.05) is 0 Å². The lowest BCUT2D eigenvalue weighted by molar-refractivity contribution is 0.564. The third-order valence-electron chi connectivity index (χ3n) is 3.02. The van der Waals surface area contributed by atoms with Crippen molar-refractivity contribution in [3.8, 4) is 0 Å². The molecule has 2 aromatic rings. The van der Waals surface area contributed by atoms with E-state index in [1.807, 2.05) is 6.07 Å². The van der Waals surface area contributed by atoms with Gasteiger partial charge in [-0.25, -0.2) is 9.07 Å². The Morgan fingerprint density at radius 2 is 2.26 bits per heavy atom. The molecule has 1 heterocycles. The monoisotopic (exact) mass is 279 g/mol. The van der Waals surface area contributed by atoms with Crippen LogP contribution in [0.25, 0.3) is 0 Å². The number of nitrogens with zero attached hydrogens (tertiary/aromatic N) is 4. The summed E-state index contributed by atoms with van der Waals surface area (Å²) in [4.78, 5) is 0.770. The van der Waals surface area contributed by atoms with E-state index in [4.69, 9.17) is 5.73 Å². The Balaban J connectivity index is 1.94. The molecule has 1 aliphatic carbocycles. The van der Waals surface area contributed by atoms with Gasteiger partial charge in [-0.15, -0.1) is 5.10 Å². The Bertz CT molecular complexity index is 594. The van der Waals surface area contributed by atoms with Crippen molar-refractivity contribution in [1.29, 1.82) is 0 Å². The van der Waals surface area contributed by atoms with Gasteiger partial charge in [-0.05, 0) is 54.1 Å². The zero-order valence-corrected chi connectivity index (χ0v) is 11.3. The maximum absolute atomic E-state index is 13.8. The third-order valence-corrected chi connectivity index (χ3v) is 4.05. The molecule has 0 bridgehead atoms. The maximum Gasteiger partial charge on any atom is 0.214 e. The summed E-state index contributed by atoms with van der Waals surface area (Å²) in [5.74, 6) is -0.287. The van der Waals surface area contributed by atoms with E-state index in [2.05, 4.69) is 15.5 Å². The van der Waals surface area contributed by atoms with Crippen LogP contribution in [0, 0.1) is 5.82 Å². The fourth-order valence-electron chi connectivity index (χ4n) is 1.95. The van der Waals surface area contributed by atoms with E-state index in [-0.39, 0.29) is 11.9 Å². The van der Waals surface area contributed by atoms with Crippen LogP contribution >= 0.6 is 11.8 Å². The first kappa shape index (κ1) is 12.6. The van der Waals surface area contributed by atoms with Gasteiger partial charge in [-0.3, -0.25) is 0 Å². The van der Waals surface area contributed by atoms with Gasteiger partial charge in [-0.1, -0.05) is 6.07 Å². The highest BCUT2D eigenvalue weighted by molar-refractivity contribution is 7.99. The minimum atomic E-state index is -0.367. The quantitative estimate of drug-likeness (QED) is 0.930. The Hall–Kier alpha value is -1.47. The smallest absolute Gasteiger partial charge is 0.214 e. The predicted molar refractivity (Wildman–Crippen MR) is 69.2 cm³/mol. The van der Waals surface area contributed by atoms with Crippen LogP contribution in [-0.2, 0) is 0 Å². The fraction of sp³-hybridized carbons (Fsp3) is 0.417. The molecule has 2 N–H and O–H groups in total. The van der Waals surface area contributed by atoms with Gasteiger partial charge < -0.3 is 5.73 Å². The van der Waals surface area contributed by atoms with E-state index in [0.717, 1.165) is 17.7 Å². The number of tetrazole rings is 1. The van der Waals surface area contributed by atoms with Crippen LogP contribution < -0.4 is 5.73 Å². The molecule has 19 heavy (non-hydrogen) atoms. The van der Waals surface area contributed by atoms with E-state index in [1.165, 1.54) is 17.8 Å². The highest BCUT2D eigenvalue weighted by Gasteiger charge is 2.28. The summed E-state index contributed by atoms with van der Waals surface area (Å²) in [5.41, 5.74) is 6.35. The predicted octanol–water partition coefficient (Wildman–Crippen LogP) is 2.32. The van der Waals surface area contributed by atoms with Crippen LogP contribution in [-0.4, -0.2) is 20.2 Å². The van der Waals surface area contributed by atoms with Crippen LogP contribution in [0.15, 0.2) is 28.3 Å². The molecule has 1 saturated carbocycles. The highest BCUT2D eigenvalue weighted by atomic mass is 32.2. The molecule has 5 nitrogen and oxygen atoms in total. The number of aromatic nitrogens is 4. The summed E-state index contributed by atoms with van der Waals surface area (Å²) in [6.07, 6.45) is 2.20. The minimum absolute atomic E-state index is 0.287. The molecule has 3 rings (SSSR count). The molecular weight excluding hydrogens is 265 g/mol. The van der Waals surface area contributed by atoms with Crippen molar-refractivity contribution < 1.29 is 4.39 Å². The van der Waals surface area contributed by atoms with Gasteiger partial charge in [0.15, 0.2) is 0 Å². The number of rotatable bonds is 4. The molecule has 0 aliphatic heterocycles. The van der Waals surface area contributed by atoms with E-state index in [0.29, 0.717) is 16.8 Å². The lowest BCUT2D eigenvalue weighted by Crippen LogP contribution is -2.09. The van der Waals surface area contributed by atoms with Crippen LogP contribution in [0.1, 0.15) is 37.4 Å². The van der Waals surface area contributed by atoms with E-state index >= 15 is 0 Å². The molecule has 7 heteroatoms. The number of nitrogens with two attached hydrogens (primary N) is 1. The lowest BCUT2D eigenvalue weighted by atomic mass is 10.1. The molecule has 1 aromatic heterocycles. The van der Waals surface area contributed by atoms with Gasteiger partial charge >= 0.3 is 0 Å². The zero-order chi connectivity index (χ0) is 13.4. The van der Waals surface area contributed by atoms with Gasteiger partial charge in [0, 0.05) is 16.5 Å². The second-order valence-electron chi connectivity index (χ2n) is 4.68. The molecular formula is C12H14FN5S. The molecule has 1 aliphatic rings. The largest absolute Gasteiger partial charge is 0.324 e. The average Bonchev–Trinajstić information content (AvgIpc) is 3.10. The first-order valence-electron chi connectivity index (χ1n) is 6.16. The van der Waals surface area contributed by atoms with Crippen LogP contribution in [0.3, 0.4) is 0 Å². The summed E-state index contributed by atoms with van der Waals surface area (Å²) in [5, 5.41) is 12.4. The summed E-state index contributed by atoms with van der Waals surface area (Å²) in [7, 11) is 0. The Morgan fingerprint density at radius 1 is 1.47 bits per heavy atom. The van der Waals surface area contributed by atoms with Gasteiger partial charge in [0.2, 0.25) is 5.16 Å². The lowest BCUT2D eigenvalue weighted by Gasteiger charge is -2.12. The van der Waals surface area contributed by atoms with E-state index in [9.17, 15) is 4.39 Å². The Kier molecular flexibility index (Phi) is 3.24. The second-order valence-corrected chi connectivity index (χ2v) is 5.69. The van der Waals surface area contributed by atoms with Gasteiger partial charge in [0.05, 0.1) is 6.04 Å². The fourth-order valence-corrected chi connectivity index (χ4v) is 3.04. The molecule has 1 atom stereocenters. The second kappa shape index (κ2) is 4.90. The van der Waals surface area contributed by atoms with Gasteiger partial charge in [0.25, 0.3) is 0 Å². The van der Waals surface area contributed by atoms with Crippen molar-refractivity contribution in [2.45, 2.75) is 41.9 Å². The Labute approximate surface area is 114 Å². The number of halogens is 1. The molecule has 1 aromatic carbocycles. The first-order valence-corrected chi connectivity index (χ1v) is 6.98. The number of benzene rings is 1. The van der Waals surface area contributed by atoms with Crippen LogP contribution in [0.2, 0.25) is 0 Å². The van der Waals surface area contributed by atoms with E-state index < -0.39 is 0 Å². The highest BCUT2D eigenvalue weighted by Crippen LogP contribution is 2.39. The molecule has 1 unspecified atom stereocenters. The normalized spacial score (nSPS) is 16.6. The Morgan fingerprint density at radius 3 is 2.95 bits per heavy atom. The topological polar surface area (TPSA) is 69.6 Å². The minimum Gasteiger partial charge on any atom is -0.324 e. The number of hydrogen-bond acceptors (Lipinski definition) is 5. The van der Waals surface area contributed by atoms with Crippen molar-refractivity contribution >= 4 is 11.8 Å². The summed E-state index contributed by atoms with van der Waals surface area (Å²) in [6.45, 7) is 1.77. The summed E-state index contributed by atoms with van der Waals surface area (Å²) in [6, 6.07) is 4.97. The zero-order valence-electron chi connectivity index (χ0n) is 10.5. The molecule has 1 fully saturated rings. The standard InChI is InChI=1S/C12H14FN5S/c1-7(14)11-9(13)3-2-4-10(11)19-12-15-16-17-18(12)8-5-6-8/h2-4,7-8H,5-6,14H2,1H3. The van der Waals surface area contributed by atoms with Gasteiger partial charge in [-0.2, -0.15) is 0 Å². The molecule has 100 valence electrons. The molecule has 0 spiro atoms. The third kappa shape index (κ3) is 2.48.